The number of primary amides is 1. The van der Waals surface area contributed by atoms with Gasteiger partial charge in [0.05, 0.1) is 19.2 Å². The summed E-state index contributed by atoms with van der Waals surface area (Å²) in [4.78, 5) is 12.8. The molecule has 5 nitrogen and oxygen atoms in total. The number of likely N-dealkylation sites (N-methyl/N-ethyl adjacent to an activating group) is 1. The second kappa shape index (κ2) is 6.62. The number of rotatable bonds is 6. The van der Waals surface area contributed by atoms with Crippen LogP contribution in [0.2, 0.25) is 0 Å². The summed E-state index contributed by atoms with van der Waals surface area (Å²) in [6.45, 7) is 3.51. The van der Waals surface area contributed by atoms with Crippen molar-refractivity contribution in [2.75, 3.05) is 20.2 Å². The molecule has 5 heteroatoms. The topological polar surface area (TPSA) is 79.4 Å². The van der Waals surface area contributed by atoms with Crippen molar-refractivity contribution in [2.24, 2.45) is 5.73 Å². The summed E-state index contributed by atoms with van der Waals surface area (Å²) in [6, 6.07) is 7.43. The van der Waals surface area contributed by atoms with Gasteiger partial charge < -0.3 is 10.5 Å². The lowest BCUT2D eigenvalue weighted by molar-refractivity contribution is -0.119. The molecule has 0 fully saturated rings. The molecule has 0 aromatic heterocycles. The first-order valence-electron chi connectivity index (χ1n) is 5.68. The van der Waals surface area contributed by atoms with Crippen LogP contribution in [0.5, 0.6) is 5.75 Å². The van der Waals surface area contributed by atoms with Crippen LogP contribution in [0.15, 0.2) is 18.2 Å². The van der Waals surface area contributed by atoms with Crippen molar-refractivity contribution in [3.63, 3.8) is 0 Å². The van der Waals surface area contributed by atoms with E-state index in [9.17, 15) is 4.79 Å². The number of ether oxygens (including phenoxy) is 1. The van der Waals surface area contributed by atoms with Crippen LogP contribution in [-0.4, -0.2) is 31.0 Å². The summed E-state index contributed by atoms with van der Waals surface area (Å²) >= 11 is 0. The Kier molecular flexibility index (Phi) is 5.15. The Labute approximate surface area is 107 Å². The molecule has 96 valence electrons. The van der Waals surface area contributed by atoms with Crippen LogP contribution in [-0.2, 0) is 11.3 Å². The van der Waals surface area contributed by atoms with Gasteiger partial charge in [-0.2, -0.15) is 5.26 Å². The number of nitrogens with zero attached hydrogens (tertiary/aromatic N) is 2. The van der Waals surface area contributed by atoms with Gasteiger partial charge >= 0.3 is 0 Å². The number of methoxy groups -OCH3 is 1. The monoisotopic (exact) mass is 247 g/mol. The first-order chi connectivity index (χ1) is 8.60. The molecule has 0 unspecified atom stereocenters. The molecule has 0 heterocycles. The van der Waals surface area contributed by atoms with Crippen molar-refractivity contribution in [1.29, 1.82) is 5.26 Å². The fraction of sp³-hybridized carbons (Fsp3) is 0.385. The van der Waals surface area contributed by atoms with Gasteiger partial charge in [-0.05, 0) is 24.2 Å². The fourth-order valence-corrected chi connectivity index (χ4v) is 1.68. The number of hydrogen-bond donors (Lipinski definition) is 1. The smallest absolute Gasteiger partial charge is 0.231 e. The Morgan fingerprint density at radius 1 is 1.56 bits per heavy atom. The van der Waals surface area contributed by atoms with Crippen molar-refractivity contribution in [3.8, 4) is 11.8 Å². The number of carbonyl (C=O) groups excluding carboxylic acids is 1. The van der Waals surface area contributed by atoms with Gasteiger partial charge in [-0.1, -0.05) is 13.0 Å². The Morgan fingerprint density at radius 3 is 2.78 bits per heavy atom. The number of carbonyl (C=O) groups is 1. The Morgan fingerprint density at radius 2 is 2.28 bits per heavy atom. The number of hydrogen-bond acceptors (Lipinski definition) is 4. The molecule has 1 aromatic rings. The summed E-state index contributed by atoms with van der Waals surface area (Å²) in [6.07, 6.45) is 0. The molecular weight excluding hydrogens is 230 g/mol. The molecule has 1 amide bonds. The third kappa shape index (κ3) is 3.75. The number of amides is 1. The normalized spacial score (nSPS) is 10.1. The first-order valence-corrected chi connectivity index (χ1v) is 5.68. The third-order valence-corrected chi connectivity index (χ3v) is 2.62. The van der Waals surface area contributed by atoms with E-state index in [4.69, 9.17) is 15.7 Å². The Bertz CT molecular complexity index is 466. The second-order valence-corrected chi connectivity index (χ2v) is 3.92. The average Bonchev–Trinajstić information content (AvgIpc) is 2.37. The maximum atomic E-state index is 10.9. The molecule has 0 spiro atoms. The van der Waals surface area contributed by atoms with E-state index in [-0.39, 0.29) is 12.5 Å². The van der Waals surface area contributed by atoms with Crippen LogP contribution in [0, 0.1) is 11.3 Å². The van der Waals surface area contributed by atoms with Crippen molar-refractivity contribution < 1.29 is 9.53 Å². The predicted molar refractivity (Wildman–Crippen MR) is 67.9 cm³/mol. The lowest BCUT2D eigenvalue weighted by Gasteiger charge is -2.18. The highest BCUT2D eigenvalue weighted by Crippen LogP contribution is 2.20. The standard InChI is InChI=1S/C13H17N3O2/c1-3-16(9-13(15)17)8-10-4-5-11(7-14)12(6-10)18-2/h4-6H,3,8-9H2,1-2H3,(H2,15,17). The molecule has 0 aliphatic heterocycles. The average molecular weight is 247 g/mol. The summed E-state index contributed by atoms with van der Waals surface area (Å²) in [7, 11) is 1.53. The highest BCUT2D eigenvalue weighted by atomic mass is 16.5. The maximum absolute atomic E-state index is 10.9. The largest absolute Gasteiger partial charge is 0.495 e. The number of nitriles is 1. The molecule has 1 aromatic carbocycles. The van der Waals surface area contributed by atoms with Gasteiger partial charge in [-0.3, -0.25) is 9.69 Å². The van der Waals surface area contributed by atoms with Crippen LogP contribution in [0.3, 0.4) is 0 Å². The van der Waals surface area contributed by atoms with Crippen molar-refractivity contribution in [2.45, 2.75) is 13.5 Å². The van der Waals surface area contributed by atoms with Gasteiger partial charge in [0.2, 0.25) is 5.91 Å². The summed E-state index contributed by atoms with van der Waals surface area (Å²) in [5.41, 5.74) is 6.66. The summed E-state index contributed by atoms with van der Waals surface area (Å²) in [5.74, 6) is 0.197. The van der Waals surface area contributed by atoms with Crippen LogP contribution in [0.4, 0.5) is 0 Å². The minimum absolute atomic E-state index is 0.221. The fourth-order valence-electron chi connectivity index (χ4n) is 1.68. The highest BCUT2D eigenvalue weighted by Gasteiger charge is 2.09. The van der Waals surface area contributed by atoms with Crippen LogP contribution < -0.4 is 10.5 Å². The quantitative estimate of drug-likeness (QED) is 0.809. The Balaban J connectivity index is 2.84. The van der Waals surface area contributed by atoms with E-state index in [1.54, 1.807) is 6.07 Å². The van der Waals surface area contributed by atoms with Gasteiger partial charge in [0.15, 0.2) is 0 Å². The number of benzene rings is 1. The molecule has 0 bridgehead atoms. The first kappa shape index (κ1) is 14.0. The van der Waals surface area contributed by atoms with Crippen molar-refractivity contribution in [1.82, 2.24) is 4.90 Å². The second-order valence-electron chi connectivity index (χ2n) is 3.92. The lowest BCUT2D eigenvalue weighted by Crippen LogP contribution is -2.33. The van der Waals surface area contributed by atoms with Crippen LogP contribution in [0.1, 0.15) is 18.1 Å². The molecule has 0 aliphatic carbocycles. The third-order valence-electron chi connectivity index (χ3n) is 2.62. The van der Waals surface area contributed by atoms with Crippen LogP contribution >= 0.6 is 0 Å². The van der Waals surface area contributed by atoms with E-state index in [1.165, 1.54) is 7.11 Å². The summed E-state index contributed by atoms with van der Waals surface area (Å²) < 4.78 is 5.14. The van der Waals surface area contributed by atoms with Gasteiger partial charge in [0.25, 0.3) is 0 Å². The molecule has 2 N–H and O–H groups in total. The van der Waals surface area contributed by atoms with E-state index < -0.39 is 0 Å². The van der Waals surface area contributed by atoms with E-state index in [0.717, 1.165) is 12.1 Å². The van der Waals surface area contributed by atoms with E-state index >= 15 is 0 Å². The molecule has 0 saturated heterocycles. The van der Waals surface area contributed by atoms with E-state index in [0.29, 0.717) is 17.9 Å². The predicted octanol–water partition coefficient (Wildman–Crippen LogP) is 0.874. The van der Waals surface area contributed by atoms with E-state index in [1.807, 2.05) is 24.0 Å². The zero-order chi connectivity index (χ0) is 13.5. The molecule has 0 radical (unpaired) electrons. The van der Waals surface area contributed by atoms with Gasteiger partial charge in [0, 0.05) is 6.54 Å². The van der Waals surface area contributed by atoms with Gasteiger partial charge in [0.1, 0.15) is 11.8 Å². The maximum Gasteiger partial charge on any atom is 0.231 e. The van der Waals surface area contributed by atoms with Crippen LogP contribution in [0.25, 0.3) is 0 Å². The molecule has 0 saturated carbocycles. The van der Waals surface area contributed by atoms with Crippen molar-refractivity contribution in [3.05, 3.63) is 29.3 Å². The molecule has 18 heavy (non-hydrogen) atoms. The summed E-state index contributed by atoms with van der Waals surface area (Å²) in [5, 5.41) is 8.89. The SMILES string of the molecule is CCN(CC(N)=O)Cc1ccc(C#N)c(OC)c1. The Hall–Kier alpha value is -2.06. The van der Waals surface area contributed by atoms with Gasteiger partial charge in [-0.15, -0.1) is 0 Å². The molecule has 1 rings (SSSR count). The van der Waals surface area contributed by atoms with Crippen molar-refractivity contribution >= 4 is 5.91 Å². The number of nitrogens with two attached hydrogens (primary N) is 1. The van der Waals surface area contributed by atoms with Gasteiger partial charge in [-0.25, -0.2) is 0 Å². The highest BCUT2D eigenvalue weighted by molar-refractivity contribution is 5.75. The zero-order valence-corrected chi connectivity index (χ0v) is 10.6. The molecule has 0 aliphatic rings. The molecule has 0 atom stereocenters. The minimum Gasteiger partial charge on any atom is -0.495 e. The minimum atomic E-state index is -0.350. The lowest BCUT2D eigenvalue weighted by atomic mass is 10.1. The zero-order valence-electron chi connectivity index (χ0n) is 10.6. The van der Waals surface area contributed by atoms with E-state index in [2.05, 4.69) is 6.07 Å². The molecular formula is C13H17N3O2.